The van der Waals surface area contributed by atoms with Crippen LogP contribution in [0.3, 0.4) is 0 Å². The third kappa shape index (κ3) is 10.5. The number of carbonyl (C=O) groups excluding carboxylic acids is 2. The Morgan fingerprint density at radius 1 is 0.525 bits per heavy atom. The number of nitrogens with one attached hydrogen (secondary N) is 2. The van der Waals surface area contributed by atoms with E-state index in [1.807, 2.05) is 82.6 Å². The summed E-state index contributed by atoms with van der Waals surface area (Å²) in [5, 5.41) is 6.89. The van der Waals surface area contributed by atoms with Gasteiger partial charge in [0, 0.05) is 49.8 Å². The van der Waals surface area contributed by atoms with Crippen LogP contribution in [-0.2, 0) is 35.5 Å². The van der Waals surface area contributed by atoms with Crippen LogP contribution in [0.5, 0.6) is 11.5 Å². The first-order valence-corrected chi connectivity index (χ1v) is 20.5. The highest BCUT2D eigenvalue weighted by Crippen LogP contribution is 2.30. The molecule has 0 unspecified atom stereocenters. The number of hydrogen-bond acceptors (Lipinski definition) is 6. The number of nitrogens with zero attached hydrogens (tertiary/aromatic N) is 2. The highest BCUT2D eigenvalue weighted by atomic mass is 16.5. The van der Waals surface area contributed by atoms with Crippen molar-refractivity contribution in [2.24, 2.45) is 0 Å². The molecule has 0 atom stereocenters. The maximum absolute atomic E-state index is 13.0. The smallest absolute Gasteiger partial charge is 0.236 e. The van der Waals surface area contributed by atoms with Gasteiger partial charge in [-0.3, -0.25) is 14.9 Å². The monoisotopic (exact) mass is 786 g/mol. The summed E-state index contributed by atoms with van der Waals surface area (Å²) in [6.07, 6.45) is 1.73. The Morgan fingerprint density at radius 3 is 1.36 bits per heavy atom. The van der Waals surface area contributed by atoms with Crippen molar-refractivity contribution in [2.75, 3.05) is 46.9 Å². The SMILES string of the molecule is COc1cccc2c1CN(C(=O)CNC(c1ccccc1)c1ccccc1)CC2.COc1cccc2c1CN(C(=O)CNCC(c1ccccc1)c1ccccc1)CC2. The zero-order valence-corrected chi connectivity index (χ0v) is 34.1. The molecular weight excluding hydrogens is 733 g/mol. The molecule has 2 heterocycles. The molecule has 2 aliphatic rings. The molecule has 0 aliphatic carbocycles. The summed E-state index contributed by atoms with van der Waals surface area (Å²) < 4.78 is 11.0. The summed E-state index contributed by atoms with van der Waals surface area (Å²) in [5.41, 5.74) is 9.60. The average molecular weight is 787 g/mol. The molecule has 0 spiro atoms. The molecule has 302 valence electrons. The van der Waals surface area contributed by atoms with Crippen LogP contribution in [0.25, 0.3) is 0 Å². The zero-order chi connectivity index (χ0) is 40.8. The lowest BCUT2D eigenvalue weighted by atomic mass is 9.91. The molecule has 8 heteroatoms. The molecular formula is C51H54N4O4. The van der Waals surface area contributed by atoms with Gasteiger partial charge in [0.2, 0.25) is 11.8 Å². The van der Waals surface area contributed by atoms with E-state index in [-0.39, 0.29) is 23.8 Å². The fourth-order valence-corrected chi connectivity index (χ4v) is 8.16. The van der Waals surface area contributed by atoms with Crippen LogP contribution < -0.4 is 20.1 Å². The van der Waals surface area contributed by atoms with Crippen molar-refractivity contribution < 1.29 is 19.1 Å². The van der Waals surface area contributed by atoms with E-state index >= 15 is 0 Å². The van der Waals surface area contributed by atoms with E-state index in [4.69, 9.17) is 9.47 Å². The van der Waals surface area contributed by atoms with Crippen LogP contribution in [0.4, 0.5) is 0 Å². The Kier molecular flexibility index (Phi) is 14.2. The summed E-state index contributed by atoms with van der Waals surface area (Å²) in [6, 6.07) is 53.6. The van der Waals surface area contributed by atoms with Gasteiger partial charge < -0.3 is 24.6 Å². The van der Waals surface area contributed by atoms with Gasteiger partial charge in [-0.2, -0.15) is 0 Å². The number of ether oxygens (including phenoxy) is 2. The molecule has 59 heavy (non-hydrogen) atoms. The van der Waals surface area contributed by atoms with Gasteiger partial charge in [0.05, 0.1) is 33.4 Å². The summed E-state index contributed by atoms with van der Waals surface area (Å²) in [6.45, 7) is 4.04. The first kappa shape index (κ1) is 41.0. The first-order chi connectivity index (χ1) is 29.0. The van der Waals surface area contributed by atoms with E-state index < -0.39 is 0 Å². The Bertz CT molecular complexity index is 2150. The standard InChI is InChI=1S/C26H28N2O2.C25H26N2O2/c1-30-25-14-8-13-22-15-16-28(19-24(22)25)26(29)18-27-17-23(20-9-4-2-5-10-20)21-11-6-3-7-12-21;1-29-23-14-8-13-19-15-16-27(18-22(19)23)24(28)17-26-25(20-9-4-2-5-10-20)21-11-6-3-7-12-21/h2-14,23,27H,15-19H2,1H3;2-14,25-26H,15-18H2,1H3. The third-order valence-corrected chi connectivity index (χ3v) is 11.4. The Hall–Kier alpha value is -6.22. The molecule has 2 N–H and O–H groups in total. The third-order valence-electron chi connectivity index (χ3n) is 11.4. The van der Waals surface area contributed by atoms with Crippen molar-refractivity contribution in [1.29, 1.82) is 0 Å². The summed E-state index contributed by atoms with van der Waals surface area (Å²) in [5.74, 6) is 2.18. The number of amides is 2. The number of hydrogen-bond donors (Lipinski definition) is 2. The van der Waals surface area contributed by atoms with Crippen LogP contribution in [0.1, 0.15) is 56.5 Å². The Balaban J connectivity index is 0.000000179. The second-order valence-corrected chi connectivity index (χ2v) is 15.0. The lowest BCUT2D eigenvalue weighted by molar-refractivity contribution is -0.132. The maximum Gasteiger partial charge on any atom is 0.236 e. The van der Waals surface area contributed by atoms with Crippen molar-refractivity contribution in [1.82, 2.24) is 20.4 Å². The van der Waals surface area contributed by atoms with Gasteiger partial charge in [-0.05, 0) is 58.4 Å². The van der Waals surface area contributed by atoms with Crippen molar-refractivity contribution in [3.05, 3.63) is 202 Å². The van der Waals surface area contributed by atoms with Gasteiger partial charge in [0.15, 0.2) is 0 Å². The van der Waals surface area contributed by atoms with Crippen molar-refractivity contribution in [3.8, 4) is 11.5 Å². The molecule has 0 radical (unpaired) electrons. The number of methoxy groups -OCH3 is 2. The summed E-state index contributed by atoms with van der Waals surface area (Å²) in [7, 11) is 3.37. The fourth-order valence-electron chi connectivity index (χ4n) is 8.16. The van der Waals surface area contributed by atoms with Crippen molar-refractivity contribution in [2.45, 2.75) is 37.9 Å². The maximum atomic E-state index is 13.0. The molecule has 0 fully saturated rings. The van der Waals surface area contributed by atoms with E-state index in [0.717, 1.165) is 59.7 Å². The van der Waals surface area contributed by atoms with E-state index in [2.05, 4.69) is 95.6 Å². The molecule has 2 aliphatic heterocycles. The van der Waals surface area contributed by atoms with E-state index in [9.17, 15) is 9.59 Å². The van der Waals surface area contributed by atoms with Crippen LogP contribution in [0, 0.1) is 0 Å². The number of rotatable bonds is 13. The highest BCUT2D eigenvalue weighted by molar-refractivity contribution is 5.79. The molecule has 0 aromatic heterocycles. The van der Waals surface area contributed by atoms with Crippen LogP contribution >= 0.6 is 0 Å². The van der Waals surface area contributed by atoms with E-state index in [0.29, 0.717) is 32.7 Å². The largest absolute Gasteiger partial charge is 0.496 e. The normalized spacial score (nSPS) is 13.2. The molecule has 0 bridgehead atoms. The molecule has 6 aromatic rings. The van der Waals surface area contributed by atoms with Crippen molar-refractivity contribution in [3.63, 3.8) is 0 Å². The van der Waals surface area contributed by atoms with Gasteiger partial charge in [0.25, 0.3) is 0 Å². The Labute approximate surface area is 348 Å². The second kappa shape index (κ2) is 20.5. The van der Waals surface area contributed by atoms with Gasteiger partial charge in [0.1, 0.15) is 11.5 Å². The predicted molar refractivity (Wildman–Crippen MR) is 235 cm³/mol. The molecule has 8 rings (SSSR count). The Morgan fingerprint density at radius 2 is 0.932 bits per heavy atom. The van der Waals surface area contributed by atoms with Gasteiger partial charge in [-0.1, -0.05) is 146 Å². The number of fused-ring (bicyclic) bond motifs is 2. The summed E-state index contributed by atoms with van der Waals surface area (Å²) >= 11 is 0. The van der Waals surface area contributed by atoms with Gasteiger partial charge in [-0.25, -0.2) is 0 Å². The van der Waals surface area contributed by atoms with Gasteiger partial charge in [-0.15, -0.1) is 0 Å². The average Bonchev–Trinajstić information content (AvgIpc) is 3.31. The first-order valence-electron chi connectivity index (χ1n) is 20.5. The summed E-state index contributed by atoms with van der Waals surface area (Å²) in [4.78, 5) is 29.7. The molecule has 0 saturated carbocycles. The lowest BCUT2D eigenvalue weighted by Crippen LogP contribution is -2.42. The molecule has 0 saturated heterocycles. The fraction of sp³-hybridized carbons (Fsp3) is 0.255. The zero-order valence-electron chi connectivity index (χ0n) is 34.1. The number of carbonyl (C=O) groups is 2. The van der Waals surface area contributed by atoms with E-state index in [1.54, 1.807) is 14.2 Å². The van der Waals surface area contributed by atoms with E-state index in [1.165, 1.54) is 22.3 Å². The molecule has 6 aromatic carbocycles. The van der Waals surface area contributed by atoms with Crippen molar-refractivity contribution >= 4 is 11.8 Å². The van der Waals surface area contributed by atoms with Crippen LogP contribution in [0.2, 0.25) is 0 Å². The minimum atomic E-state index is -0.0204. The second-order valence-electron chi connectivity index (χ2n) is 15.0. The minimum Gasteiger partial charge on any atom is -0.496 e. The molecule has 8 nitrogen and oxygen atoms in total. The lowest BCUT2D eigenvalue weighted by Gasteiger charge is -2.30. The van der Waals surface area contributed by atoms with Gasteiger partial charge >= 0.3 is 0 Å². The van der Waals surface area contributed by atoms with Crippen LogP contribution in [0.15, 0.2) is 158 Å². The minimum absolute atomic E-state index is 0.0204. The highest BCUT2D eigenvalue weighted by Gasteiger charge is 2.25. The van der Waals surface area contributed by atoms with Crippen LogP contribution in [-0.4, -0.2) is 68.6 Å². The number of benzene rings is 6. The quantitative estimate of drug-likeness (QED) is 0.124. The predicted octanol–water partition coefficient (Wildman–Crippen LogP) is 7.96. The topological polar surface area (TPSA) is 83.1 Å². The molecule has 2 amide bonds.